The quantitative estimate of drug-likeness (QED) is 0.590. The van der Waals surface area contributed by atoms with Gasteiger partial charge in [0.1, 0.15) is 0 Å². The van der Waals surface area contributed by atoms with E-state index in [-0.39, 0.29) is 6.04 Å². The van der Waals surface area contributed by atoms with Crippen LogP contribution in [-0.4, -0.2) is 35.5 Å². The molecule has 0 aromatic heterocycles. The van der Waals surface area contributed by atoms with Crippen molar-refractivity contribution in [3.8, 4) is 6.07 Å². The first kappa shape index (κ1) is 12.8. The Labute approximate surface area is 86.3 Å². The minimum atomic E-state index is 0.119. The van der Waals surface area contributed by atoms with Crippen molar-refractivity contribution in [3.63, 3.8) is 0 Å². The Kier molecular flexibility index (Phi) is 8.27. The maximum Gasteiger partial charge on any atom is 0.0985 e. The van der Waals surface area contributed by atoms with Crippen molar-refractivity contribution in [1.29, 1.82) is 5.26 Å². The number of nitrogens with zero attached hydrogens (tertiary/aromatic N) is 2. The molecule has 0 heterocycles. The van der Waals surface area contributed by atoms with Crippen LogP contribution in [0.4, 0.5) is 0 Å². The third-order valence-corrected chi connectivity index (χ3v) is 3.07. The predicted molar refractivity (Wildman–Crippen MR) is 59.9 cm³/mol. The van der Waals surface area contributed by atoms with E-state index in [9.17, 15) is 0 Å². The average molecular weight is 200 g/mol. The Hall–Kier alpha value is -0.200. The zero-order chi connectivity index (χ0) is 10.1. The van der Waals surface area contributed by atoms with Crippen LogP contribution < -0.4 is 0 Å². The molecule has 0 aliphatic carbocycles. The van der Waals surface area contributed by atoms with Crippen LogP contribution in [-0.2, 0) is 0 Å². The molecule has 0 saturated heterocycles. The molecule has 2 nitrogen and oxygen atoms in total. The maximum atomic E-state index is 8.96. The molecule has 0 aliphatic rings. The summed E-state index contributed by atoms with van der Waals surface area (Å²) in [7, 11) is 0. The summed E-state index contributed by atoms with van der Waals surface area (Å²) < 4.78 is 0. The van der Waals surface area contributed by atoms with Gasteiger partial charge in [0, 0.05) is 0 Å². The van der Waals surface area contributed by atoms with Crippen molar-refractivity contribution in [3.05, 3.63) is 0 Å². The molecule has 76 valence electrons. The van der Waals surface area contributed by atoms with Crippen LogP contribution in [0.15, 0.2) is 0 Å². The van der Waals surface area contributed by atoms with Crippen molar-refractivity contribution in [2.24, 2.45) is 0 Å². The molecule has 0 N–H and O–H groups in total. The smallest absolute Gasteiger partial charge is 0.0985 e. The highest BCUT2D eigenvalue weighted by molar-refractivity contribution is 7.99. The van der Waals surface area contributed by atoms with Gasteiger partial charge in [0.05, 0.1) is 12.1 Å². The zero-order valence-corrected chi connectivity index (χ0v) is 9.73. The largest absolute Gasteiger partial charge is 0.289 e. The lowest BCUT2D eigenvalue weighted by atomic mass is 10.2. The van der Waals surface area contributed by atoms with E-state index in [1.165, 1.54) is 0 Å². The molecule has 1 atom stereocenters. The second-order valence-electron chi connectivity index (χ2n) is 2.85. The molecule has 0 radical (unpaired) electrons. The topological polar surface area (TPSA) is 27.0 Å². The first-order chi connectivity index (χ1) is 6.29. The second-order valence-corrected chi connectivity index (χ2v) is 4.25. The lowest BCUT2D eigenvalue weighted by Gasteiger charge is -2.23. The SMILES string of the molecule is CCSCCC(C#N)N(CC)CC. The van der Waals surface area contributed by atoms with E-state index in [4.69, 9.17) is 5.26 Å². The molecule has 0 aromatic rings. The molecule has 0 bridgehead atoms. The van der Waals surface area contributed by atoms with Crippen LogP contribution in [0, 0.1) is 11.3 Å². The molecule has 0 saturated carbocycles. The monoisotopic (exact) mass is 200 g/mol. The summed E-state index contributed by atoms with van der Waals surface area (Å²) in [5.41, 5.74) is 0. The molecule has 0 fully saturated rings. The van der Waals surface area contributed by atoms with Crippen molar-refractivity contribution < 1.29 is 0 Å². The Morgan fingerprint density at radius 2 is 1.92 bits per heavy atom. The van der Waals surface area contributed by atoms with Crippen molar-refractivity contribution >= 4 is 11.8 Å². The van der Waals surface area contributed by atoms with Crippen LogP contribution in [0.3, 0.4) is 0 Å². The third kappa shape index (κ3) is 5.17. The van der Waals surface area contributed by atoms with Crippen molar-refractivity contribution in [1.82, 2.24) is 4.90 Å². The summed E-state index contributed by atoms with van der Waals surface area (Å²) in [6.07, 6.45) is 0.997. The van der Waals surface area contributed by atoms with Crippen LogP contribution in [0.1, 0.15) is 27.2 Å². The predicted octanol–water partition coefficient (Wildman–Crippen LogP) is 2.36. The van der Waals surface area contributed by atoms with Crippen molar-refractivity contribution in [2.45, 2.75) is 33.2 Å². The molecule has 0 amide bonds. The second kappa shape index (κ2) is 8.40. The number of hydrogen-bond donors (Lipinski definition) is 0. The van der Waals surface area contributed by atoms with Gasteiger partial charge in [0.25, 0.3) is 0 Å². The van der Waals surface area contributed by atoms with Gasteiger partial charge in [-0.3, -0.25) is 4.90 Å². The fourth-order valence-electron chi connectivity index (χ4n) is 1.33. The summed E-state index contributed by atoms with van der Waals surface area (Å²) in [5, 5.41) is 8.96. The summed E-state index contributed by atoms with van der Waals surface area (Å²) >= 11 is 1.91. The summed E-state index contributed by atoms with van der Waals surface area (Å²) in [4.78, 5) is 2.22. The Bertz CT molecular complexity index is 149. The van der Waals surface area contributed by atoms with Crippen LogP contribution in [0.5, 0.6) is 0 Å². The number of nitriles is 1. The van der Waals surface area contributed by atoms with Gasteiger partial charge in [-0.2, -0.15) is 17.0 Å². The van der Waals surface area contributed by atoms with Gasteiger partial charge in [-0.15, -0.1) is 0 Å². The van der Waals surface area contributed by atoms with Crippen molar-refractivity contribution in [2.75, 3.05) is 24.6 Å². The average Bonchev–Trinajstić information content (AvgIpc) is 2.17. The first-order valence-corrected chi connectivity index (χ1v) is 6.16. The third-order valence-electron chi connectivity index (χ3n) is 2.14. The van der Waals surface area contributed by atoms with Gasteiger partial charge in [0.15, 0.2) is 0 Å². The lowest BCUT2D eigenvalue weighted by molar-refractivity contribution is 0.255. The van der Waals surface area contributed by atoms with Crippen LogP contribution >= 0.6 is 11.8 Å². The van der Waals surface area contributed by atoms with E-state index in [0.29, 0.717) is 0 Å². The Balaban J connectivity index is 3.80. The van der Waals surface area contributed by atoms with E-state index >= 15 is 0 Å². The maximum absolute atomic E-state index is 8.96. The standard InChI is InChI=1S/C10H20N2S/c1-4-12(5-2)10(9-11)7-8-13-6-3/h10H,4-8H2,1-3H3. The number of rotatable bonds is 7. The fraction of sp³-hybridized carbons (Fsp3) is 0.900. The molecule has 0 aliphatic heterocycles. The highest BCUT2D eigenvalue weighted by Gasteiger charge is 2.13. The van der Waals surface area contributed by atoms with E-state index in [1.54, 1.807) is 0 Å². The Morgan fingerprint density at radius 1 is 1.31 bits per heavy atom. The molecule has 0 rings (SSSR count). The Morgan fingerprint density at radius 3 is 2.31 bits per heavy atom. The van der Waals surface area contributed by atoms with Gasteiger partial charge in [-0.05, 0) is 31.0 Å². The molecule has 3 heteroatoms. The fourth-order valence-corrected chi connectivity index (χ4v) is 2.01. The van der Waals surface area contributed by atoms with Crippen LogP contribution in [0.2, 0.25) is 0 Å². The molecule has 0 spiro atoms. The normalized spacial score (nSPS) is 12.8. The number of hydrogen-bond acceptors (Lipinski definition) is 3. The molecule has 13 heavy (non-hydrogen) atoms. The molecular formula is C10H20N2S. The molecular weight excluding hydrogens is 180 g/mol. The van der Waals surface area contributed by atoms with Gasteiger partial charge in [-0.25, -0.2) is 0 Å². The summed E-state index contributed by atoms with van der Waals surface area (Å²) in [5.74, 6) is 2.25. The van der Waals surface area contributed by atoms with E-state index in [2.05, 4.69) is 31.7 Å². The van der Waals surface area contributed by atoms with E-state index in [0.717, 1.165) is 31.0 Å². The van der Waals surface area contributed by atoms with Gasteiger partial charge >= 0.3 is 0 Å². The summed E-state index contributed by atoms with van der Waals surface area (Å²) in [6.45, 7) is 8.34. The minimum Gasteiger partial charge on any atom is -0.289 e. The highest BCUT2D eigenvalue weighted by Crippen LogP contribution is 2.08. The highest BCUT2D eigenvalue weighted by atomic mass is 32.2. The molecule has 0 aromatic carbocycles. The van der Waals surface area contributed by atoms with Gasteiger partial charge in [0.2, 0.25) is 0 Å². The van der Waals surface area contributed by atoms with E-state index < -0.39 is 0 Å². The lowest BCUT2D eigenvalue weighted by Crippen LogP contribution is -2.34. The first-order valence-electron chi connectivity index (χ1n) is 5.01. The number of thioether (sulfide) groups is 1. The zero-order valence-electron chi connectivity index (χ0n) is 8.92. The summed E-state index contributed by atoms with van der Waals surface area (Å²) in [6, 6.07) is 2.49. The molecule has 1 unspecified atom stereocenters. The van der Waals surface area contributed by atoms with Crippen LogP contribution in [0.25, 0.3) is 0 Å². The van der Waals surface area contributed by atoms with Gasteiger partial charge < -0.3 is 0 Å². The minimum absolute atomic E-state index is 0.119. The van der Waals surface area contributed by atoms with E-state index in [1.807, 2.05) is 11.8 Å². The van der Waals surface area contributed by atoms with Gasteiger partial charge in [-0.1, -0.05) is 20.8 Å².